The SMILES string of the molecule is CCOc1c(Cl)cc(CNC(=NC)NCCc2ncc(CC)s2)cc1OC. The molecule has 0 aliphatic heterocycles. The number of ether oxygens (including phenoxy) is 2. The fourth-order valence-corrected chi connectivity index (χ4v) is 3.63. The minimum atomic E-state index is 0.531. The third-order valence-corrected chi connectivity index (χ3v) is 5.32. The van der Waals surface area contributed by atoms with E-state index in [-0.39, 0.29) is 0 Å². The first kappa shape index (κ1) is 21.3. The molecular formula is C19H27ClN4O2S. The lowest BCUT2D eigenvalue weighted by atomic mass is 10.2. The molecule has 0 radical (unpaired) electrons. The van der Waals surface area contributed by atoms with E-state index < -0.39 is 0 Å². The number of thiazole rings is 1. The fraction of sp³-hybridized carbons (Fsp3) is 0.474. The molecule has 0 amide bonds. The molecule has 2 rings (SSSR count). The molecule has 27 heavy (non-hydrogen) atoms. The van der Waals surface area contributed by atoms with Gasteiger partial charge in [0.05, 0.1) is 23.7 Å². The van der Waals surface area contributed by atoms with Gasteiger partial charge in [0.1, 0.15) is 0 Å². The quantitative estimate of drug-likeness (QED) is 0.487. The number of aryl methyl sites for hydroxylation is 1. The molecule has 0 bridgehead atoms. The molecule has 0 atom stereocenters. The number of nitrogens with zero attached hydrogens (tertiary/aromatic N) is 2. The van der Waals surface area contributed by atoms with Crippen molar-refractivity contribution in [1.82, 2.24) is 15.6 Å². The molecule has 8 heteroatoms. The number of halogens is 1. The average Bonchev–Trinajstić information content (AvgIpc) is 3.14. The monoisotopic (exact) mass is 410 g/mol. The van der Waals surface area contributed by atoms with Crippen LogP contribution in [0.5, 0.6) is 11.5 Å². The summed E-state index contributed by atoms with van der Waals surface area (Å²) in [6.45, 7) is 5.92. The number of rotatable bonds is 9. The van der Waals surface area contributed by atoms with Crippen LogP contribution in [0.3, 0.4) is 0 Å². The van der Waals surface area contributed by atoms with Crippen molar-refractivity contribution in [2.45, 2.75) is 33.2 Å². The van der Waals surface area contributed by atoms with Crippen LogP contribution in [0.2, 0.25) is 5.02 Å². The molecule has 2 aromatic rings. The predicted molar refractivity (Wildman–Crippen MR) is 113 cm³/mol. The molecule has 0 unspecified atom stereocenters. The third kappa shape index (κ3) is 6.29. The summed E-state index contributed by atoms with van der Waals surface area (Å²) in [5.41, 5.74) is 0.982. The molecule has 0 saturated carbocycles. The van der Waals surface area contributed by atoms with E-state index in [1.807, 2.05) is 25.3 Å². The lowest BCUT2D eigenvalue weighted by molar-refractivity contribution is 0.311. The van der Waals surface area contributed by atoms with Gasteiger partial charge in [-0.2, -0.15) is 0 Å². The number of benzene rings is 1. The smallest absolute Gasteiger partial charge is 0.191 e. The van der Waals surface area contributed by atoms with Gasteiger partial charge in [-0.05, 0) is 31.0 Å². The summed E-state index contributed by atoms with van der Waals surface area (Å²) < 4.78 is 10.9. The summed E-state index contributed by atoms with van der Waals surface area (Å²) in [6, 6.07) is 3.79. The van der Waals surface area contributed by atoms with E-state index in [2.05, 4.69) is 27.5 Å². The molecule has 148 valence electrons. The summed E-state index contributed by atoms with van der Waals surface area (Å²) in [7, 11) is 3.36. The van der Waals surface area contributed by atoms with E-state index in [1.165, 1.54) is 4.88 Å². The Labute approximate surface area is 170 Å². The molecule has 6 nitrogen and oxygen atoms in total. The Bertz CT molecular complexity index is 764. The lowest BCUT2D eigenvalue weighted by Crippen LogP contribution is -2.37. The minimum absolute atomic E-state index is 0.531. The largest absolute Gasteiger partial charge is 0.493 e. The topological polar surface area (TPSA) is 67.8 Å². The van der Waals surface area contributed by atoms with Gasteiger partial charge in [-0.3, -0.25) is 4.99 Å². The first-order chi connectivity index (χ1) is 13.1. The van der Waals surface area contributed by atoms with Crippen LogP contribution in [0, 0.1) is 0 Å². The number of aliphatic imine (C=N–C) groups is 1. The van der Waals surface area contributed by atoms with Crippen LogP contribution >= 0.6 is 22.9 Å². The molecule has 1 aromatic heterocycles. The standard InChI is InChI=1S/C19H27ClN4O2S/c1-5-14-12-23-17(27-14)7-8-22-19(21-3)24-11-13-9-15(20)18(26-6-2)16(10-13)25-4/h9-10,12H,5-8,11H2,1-4H3,(H2,21,22,24). The van der Waals surface area contributed by atoms with Crippen molar-refractivity contribution in [2.75, 3.05) is 27.3 Å². The van der Waals surface area contributed by atoms with E-state index in [0.29, 0.717) is 29.7 Å². The second kappa shape index (κ2) is 11.0. The Morgan fingerprint density at radius 3 is 2.74 bits per heavy atom. The van der Waals surface area contributed by atoms with Gasteiger partial charge in [0, 0.05) is 37.6 Å². The van der Waals surface area contributed by atoms with Gasteiger partial charge in [0.15, 0.2) is 17.5 Å². The second-order valence-electron chi connectivity index (χ2n) is 5.72. The van der Waals surface area contributed by atoms with Crippen molar-refractivity contribution < 1.29 is 9.47 Å². The van der Waals surface area contributed by atoms with Crippen LogP contribution < -0.4 is 20.1 Å². The average molecular weight is 411 g/mol. The van der Waals surface area contributed by atoms with Gasteiger partial charge in [-0.1, -0.05) is 18.5 Å². The number of guanidine groups is 1. The fourth-order valence-electron chi connectivity index (χ4n) is 2.48. The van der Waals surface area contributed by atoms with Crippen LogP contribution in [-0.2, 0) is 19.4 Å². The summed E-state index contributed by atoms with van der Waals surface area (Å²) in [5.74, 6) is 1.92. The maximum Gasteiger partial charge on any atom is 0.191 e. The van der Waals surface area contributed by atoms with E-state index >= 15 is 0 Å². The van der Waals surface area contributed by atoms with Gasteiger partial charge < -0.3 is 20.1 Å². The molecule has 0 fully saturated rings. The number of aromatic nitrogens is 1. The van der Waals surface area contributed by atoms with Gasteiger partial charge in [0.25, 0.3) is 0 Å². The zero-order valence-corrected chi connectivity index (χ0v) is 17.8. The first-order valence-corrected chi connectivity index (χ1v) is 10.2. The van der Waals surface area contributed by atoms with Crippen LogP contribution in [0.4, 0.5) is 0 Å². The number of nitrogens with one attached hydrogen (secondary N) is 2. The van der Waals surface area contributed by atoms with E-state index in [1.54, 1.807) is 25.5 Å². The Balaban J connectivity index is 1.88. The van der Waals surface area contributed by atoms with Crippen molar-refractivity contribution in [3.63, 3.8) is 0 Å². The predicted octanol–water partition coefficient (Wildman–Crippen LogP) is 3.67. The highest BCUT2D eigenvalue weighted by atomic mass is 35.5. The number of hydrogen-bond acceptors (Lipinski definition) is 5. The van der Waals surface area contributed by atoms with E-state index in [0.717, 1.165) is 35.9 Å². The van der Waals surface area contributed by atoms with Gasteiger partial charge in [-0.25, -0.2) is 4.98 Å². The van der Waals surface area contributed by atoms with Crippen LogP contribution in [-0.4, -0.2) is 38.3 Å². The zero-order valence-electron chi connectivity index (χ0n) is 16.3. The molecule has 0 saturated heterocycles. The third-order valence-electron chi connectivity index (χ3n) is 3.84. The Kier molecular flexibility index (Phi) is 8.67. The van der Waals surface area contributed by atoms with Gasteiger partial charge >= 0.3 is 0 Å². The molecule has 1 aromatic carbocycles. The van der Waals surface area contributed by atoms with E-state index in [9.17, 15) is 0 Å². The highest BCUT2D eigenvalue weighted by Gasteiger charge is 2.12. The van der Waals surface area contributed by atoms with Crippen molar-refractivity contribution in [3.8, 4) is 11.5 Å². The Morgan fingerprint density at radius 2 is 2.11 bits per heavy atom. The second-order valence-corrected chi connectivity index (χ2v) is 7.33. The highest BCUT2D eigenvalue weighted by molar-refractivity contribution is 7.11. The molecule has 1 heterocycles. The molecule has 0 aliphatic carbocycles. The highest BCUT2D eigenvalue weighted by Crippen LogP contribution is 2.36. The number of hydrogen-bond donors (Lipinski definition) is 2. The summed E-state index contributed by atoms with van der Waals surface area (Å²) in [5, 5.41) is 8.26. The van der Waals surface area contributed by atoms with Gasteiger partial charge in [-0.15, -0.1) is 11.3 Å². The van der Waals surface area contributed by atoms with E-state index in [4.69, 9.17) is 21.1 Å². The van der Waals surface area contributed by atoms with Crippen LogP contribution in [0.25, 0.3) is 0 Å². The summed E-state index contributed by atoms with van der Waals surface area (Å²) in [4.78, 5) is 10.0. The van der Waals surface area contributed by atoms with Crippen LogP contribution in [0.1, 0.15) is 29.3 Å². The Morgan fingerprint density at radius 1 is 1.30 bits per heavy atom. The molecule has 0 spiro atoms. The summed E-state index contributed by atoms with van der Waals surface area (Å²) in [6.07, 6.45) is 3.85. The van der Waals surface area contributed by atoms with Crippen molar-refractivity contribution in [1.29, 1.82) is 0 Å². The maximum atomic E-state index is 6.32. The number of methoxy groups -OCH3 is 1. The minimum Gasteiger partial charge on any atom is -0.493 e. The molecular weight excluding hydrogens is 384 g/mol. The van der Waals surface area contributed by atoms with Crippen LogP contribution in [0.15, 0.2) is 23.3 Å². The normalized spacial score (nSPS) is 11.4. The van der Waals surface area contributed by atoms with Gasteiger partial charge in [0.2, 0.25) is 0 Å². The lowest BCUT2D eigenvalue weighted by Gasteiger charge is -2.15. The first-order valence-electron chi connectivity index (χ1n) is 8.98. The van der Waals surface area contributed by atoms with Crippen molar-refractivity contribution >= 4 is 28.9 Å². The van der Waals surface area contributed by atoms with Crippen molar-refractivity contribution in [2.24, 2.45) is 4.99 Å². The Hall–Kier alpha value is -1.99. The maximum absolute atomic E-state index is 6.32. The molecule has 2 N–H and O–H groups in total. The van der Waals surface area contributed by atoms with Crippen molar-refractivity contribution in [3.05, 3.63) is 38.8 Å². The summed E-state index contributed by atoms with van der Waals surface area (Å²) >= 11 is 8.08. The zero-order chi connectivity index (χ0) is 19.6. The molecule has 0 aliphatic rings.